The third-order valence-corrected chi connectivity index (χ3v) is 5.74. The summed E-state index contributed by atoms with van der Waals surface area (Å²) in [5.74, 6) is 0. The first-order valence-electron chi connectivity index (χ1n) is 5.68. The smallest absolute Gasteiger partial charge is 0.205 e. The molecule has 1 atom stereocenters. The third kappa shape index (κ3) is 1.53. The van der Waals surface area contributed by atoms with Crippen LogP contribution in [0.4, 0.5) is 0 Å². The van der Waals surface area contributed by atoms with Crippen LogP contribution in [-0.4, -0.2) is 33.6 Å². The van der Waals surface area contributed by atoms with Gasteiger partial charge in [0, 0.05) is 13.1 Å². The summed E-state index contributed by atoms with van der Waals surface area (Å²) < 4.78 is 30.1. The van der Waals surface area contributed by atoms with Crippen molar-refractivity contribution in [2.45, 2.75) is 17.3 Å². The van der Waals surface area contributed by atoms with E-state index in [1.807, 2.05) is 19.1 Å². The molecule has 92 valence electrons. The lowest BCUT2D eigenvalue weighted by atomic mass is 9.80. The molecule has 2 heterocycles. The lowest BCUT2D eigenvalue weighted by molar-refractivity contribution is -0.166. The molecule has 1 spiro atoms. The molecule has 2 aliphatic rings. The Morgan fingerprint density at radius 2 is 1.94 bits per heavy atom. The fourth-order valence-electron chi connectivity index (χ4n) is 2.37. The van der Waals surface area contributed by atoms with E-state index in [-0.39, 0.29) is 5.41 Å². The normalized spacial score (nSPS) is 26.3. The highest BCUT2D eigenvalue weighted by Gasteiger charge is 2.58. The average molecular weight is 253 g/mol. The van der Waals surface area contributed by atoms with Gasteiger partial charge in [-0.1, -0.05) is 17.7 Å². The van der Waals surface area contributed by atoms with Crippen molar-refractivity contribution in [1.82, 2.24) is 5.32 Å². The van der Waals surface area contributed by atoms with E-state index in [0.717, 1.165) is 18.7 Å². The van der Waals surface area contributed by atoms with Gasteiger partial charge in [-0.2, -0.15) is 0 Å². The van der Waals surface area contributed by atoms with Crippen LogP contribution in [0.25, 0.3) is 0 Å². The molecule has 0 aliphatic carbocycles. The van der Waals surface area contributed by atoms with Gasteiger partial charge in [0.15, 0.2) is 5.44 Å². The molecule has 3 rings (SSSR count). The summed E-state index contributed by atoms with van der Waals surface area (Å²) in [6.45, 7) is 3.97. The van der Waals surface area contributed by atoms with Crippen LogP contribution in [0.3, 0.4) is 0 Å². The zero-order chi connectivity index (χ0) is 12.1. The van der Waals surface area contributed by atoms with Crippen LogP contribution in [0.15, 0.2) is 29.2 Å². The van der Waals surface area contributed by atoms with Crippen molar-refractivity contribution in [1.29, 1.82) is 0 Å². The summed E-state index contributed by atoms with van der Waals surface area (Å²) in [7, 11) is -3.35. The summed E-state index contributed by atoms with van der Waals surface area (Å²) in [5, 5.41) is 3.12. The number of benzene rings is 1. The largest absolute Gasteiger partial charge is 0.360 e. The summed E-state index contributed by atoms with van der Waals surface area (Å²) in [6, 6.07) is 6.95. The molecule has 5 heteroatoms. The van der Waals surface area contributed by atoms with E-state index in [9.17, 15) is 8.42 Å². The van der Waals surface area contributed by atoms with Gasteiger partial charge in [0.05, 0.1) is 16.9 Å². The summed E-state index contributed by atoms with van der Waals surface area (Å²) >= 11 is 0. The van der Waals surface area contributed by atoms with Crippen LogP contribution in [0.5, 0.6) is 0 Å². The highest BCUT2D eigenvalue weighted by Crippen LogP contribution is 2.43. The van der Waals surface area contributed by atoms with Gasteiger partial charge in [-0.15, -0.1) is 0 Å². The van der Waals surface area contributed by atoms with Gasteiger partial charge in [0.25, 0.3) is 0 Å². The van der Waals surface area contributed by atoms with Crippen LogP contribution >= 0.6 is 0 Å². The van der Waals surface area contributed by atoms with Gasteiger partial charge in [-0.05, 0) is 19.1 Å². The highest BCUT2D eigenvalue weighted by molar-refractivity contribution is 7.92. The fraction of sp³-hybridized carbons (Fsp3) is 0.500. The Kier molecular flexibility index (Phi) is 2.33. The Morgan fingerprint density at radius 3 is 2.35 bits per heavy atom. The molecule has 1 aromatic rings. The number of aryl methyl sites for hydroxylation is 1. The zero-order valence-electron chi connectivity index (χ0n) is 9.64. The summed E-state index contributed by atoms with van der Waals surface area (Å²) in [6.07, 6.45) is 0. The van der Waals surface area contributed by atoms with E-state index in [1.165, 1.54) is 0 Å². The zero-order valence-corrected chi connectivity index (χ0v) is 10.5. The quantitative estimate of drug-likeness (QED) is 0.843. The maximum absolute atomic E-state index is 12.4. The van der Waals surface area contributed by atoms with Crippen LogP contribution < -0.4 is 5.32 Å². The molecule has 1 N–H and O–H groups in total. The molecule has 2 fully saturated rings. The lowest BCUT2D eigenvalue weighted by Gasteiger charge is -2.54. The topological polar surface area (TPSA) is 55.4 Å². The number of ether oxygens (including phenoxy) is 1. The van der Waals surface area contributed by atoms with Gasteiger partial charge in [-0.25, -0.2) is 8.42 Å². The maximum atomic E-state index is 12.4. The SMILES string of the molecule is Cc1ccc(S(=O)(=O)C2OCC23CNC3)cc1. The molecule has 0 amide bonds. The molecule has 2 saturated heterocycles. The van der Waals surface area contributed by atoms with E-state index >= 15 is 0 Å². The lowest BCUT2D eigenvalue weighted by Crippen LogP contribution is -2.71. The first kappa shape index (κ1) is 11.2. The van der Waals surface area contributed by atoms with Crippen LogP contribution in [0.2, 0.25) is 0 Å². The minimum Gasteiger partial charge on any atom is -0.360 e. The van der Waals surface area contributed by atoms with Crippen molar-refractivity contribution in [3.63, 3.8) is 0 Å². The molecular formula is C12H15NO3S. The van der Waals surface area contributed by atoms with Crippen molar-refractivity contribution in [2.24, 2.45) is 5.41 Å². The molecular weight excluding hydrogens is 238 g/mol. The molecule has 0 aromatic heterocycles. The molecule has 17 heavy (non-hydrogen) atoms. The van der Waals surface area contributed by atoms with E-state index in [2.05, 4.69) is 5.32 Å². The van der Waals surface area contributed by atoms with Crippen LogP contribution in [0, 0.1) is 12.3 Å². The number of sulfone groups is 1. The van der Waals surface area contributed by atoms with Crippen molar-refractivity contribution >= 4 is 9.84 Å². The molecule has 1 unspecified atom stereocenters. The number of rotatable bonds is 2. The van der Waals surface area contributed by atoms with E-state index in [0.29, 0.717) is 11.5 Å². The third-order valence-electron chi connectivity index (χ3n) is 3.61. The second-order valence-corrected chi connectivity index (χ2v) is 6.96. The Balaban J connectivity index is 1.93. The molecule has 0 saturated carbocycles. The Labute approximate surface area is 101 Å². The van der Waals surface area contributed by atoms with Crippen molar-refractivity contribution in [3.05, 3.63) is 29.8 Å². The summed E-state index contributed by atoms with van der Waals surface area (Å²) in [5.41, 5.74) is 0.210. The van der Waals surface area contributed by atoms with Gasteiger partial charge < -0.3 is 10.1 Å². The number of hydrogen-bond acceptors (Lipinski definition) is 4. The molecule has 0 bridgehead atoms. The standard InChI is InChI=1S/C12H15NO3S/c1-9-2-4-10(5-3-9)17(14,15)11-12(8-16-11)6-13-7-12/h2-5,11,13H,6-8H2,1H3. The number of hydrogen-bond donors (Lipinski definition) is 1. The molecule has 1 aromatic carbocycles. The first-order valence-corrected chi connectivity index (χ1v) is 7.22. The van der Waals surface area contributed by atoms with Gasteiger partial charge >= 0.3 is 0 Å². The van der Waals surface area contributed by atoms with E-state index in [4.69, 9.17) is 4.74 Å². The van der Waals surface area contributed by atoms with Gasteiger partial charge in [0.1, 0.15) is 0 Å². The second-order valence-electron chi connectivity index (χ2n) is 4.97. The van der Waals surface area contributed by atoms with Crippen LogP contribution in [-0.2, 0) is 14.6 Å². The minimum absolute atomic E-state index is 0.177. The second kappa shape index (κ2) is 3.54. The average Bonchev–Trinajstić information content (AvgIpc) is 2.13. The monoisotopic (exact) mass is 253 g/mol. The Hall–Kier alpha value is -0.910. The van der Waals surface area contributed by atoms with Gasteiger partial charge in [0.2, 0.25) is 9.84 Å². The molecule has 0 radical (unpaired) electrons. The Bertz CT molecular complexity index is 526. The van der Waals surface area contributed by atoms with Crippen molar-refractivity contribution in [3.8, 4) is 0 Å². The fourth-order valence-corrected chi connectivity index (χ4v) is 4.27. The molecule has 2 aliphatic heterocycles. The maximum Gasteiger partial charge on any atom is 0.205 e. The van der Waals surface area contributed by atoms with Crippen molar-refractivity contribution in [2.75, 3.05) is 19.7 Å². The minimum atomic E-state index is -3.35. The van der Waals surface area contributed by atoms with Crippen LogP contribution in [0.1, 0.15) is 5.56 Å². The number of nitrogens with one attached hydrogen (secondary N) is 1. The first-order chi connectivity index (χ1) is 8.05. The van der Waals surface area contributed by atoms with E-state index in [1.54, 1.807) is 12.1 Å². The Morgan fingerprint density at radius 1 is 1.29 bits per heavy atom. The predicted octanol–water partition coefficient (Wildman–Crippen LogP) is 0.715. The van der Waals surface area contributed by atoms with Gasteiger partial charge in [-0.3, -0.25) is 0 Å². The summed E-state index contributed by atoms with van der Waals surface area (Å²) in [4.78, 5) is 0.360. The van der Waals surface area contributed by atoms with Crippen molar-refractivity contribution < 1.29 is 13.2 Å². The van der Waals surface area contributed by atoms with E-state index < -0.39 is 15.3 Å². The predicted molar refractivity (Wildman–Crippen MR) is 63.4 cm³/mol. The molecule has 4 nitrogen and oxygen atoms in total. The highest BCUT2D eigenvalue weighted by atomic mass is 32.2.